The van der Waals surface area contributed by atoms with Crippen molar-refractivity contribution in [3.8, 4) is 0 Å². The molecule has 4 aliphatic carbocycles. The predicted molar refractivity (Wildman–Crippen MR) is 126 cm³/mol. The van der Waals surface area contributed by atoms with Gasteiger partial charge in [-0.3, -0.25) is 9.59 Å². The Balaban J connectivity index is 1.88. The van der Waals surface area contributed by atoms with Gasteiger partial charge in [0.25, 0.3) is 0 Å². The Bertz CT molecular complexity index is 1060. The first-order valence-electron chi connectivity index (χ1n) is 12.2. The molecule has 9 atom stereocenters. The summed E-state index contributed by atoms with van der Waals surface area (Å²) in [5.74, 6) is -2.74. The normalized spacial score (nSPS) is 44.3. The number of ether oxygens (including phenoxy) is 2. The number of carbonyl (C=O) groups is 3. The number of aliphatic hydroxyl groups excluding tert-OH is 2. The maximum atomic E-state index is 14.4. The lowest BCUT2D eigenvalue weighted by molar-refractivity contribution is -0.202. The Morgan fingerprint density at radius 2 is 1.94 bits per heavy atom. The van der Waals surface area contributed by atoms with E-state index in [1.54, 1.807) is 39.0 Å². The predicted octanol–water partition coefficient (Wildman–Crippen LogP) is 1.88. The molecule has 4 rings (SSSR count). The van der Waals surface area contributed by atoms with Crippen LogP contribution in [0.15, 0.2) is 34.9 Å². The first-order chi connectivity index (χ1) is 16.3. The molecule has 0 aromatic heterocycles. The zero-order chi connectivity index (χ0) is 26.1. The van der Waals surface area contributed by atoms with Crippen LogP contribution in [0.4, 0.5) is 0 Å². The molecule has 3 N–H and O–H groups in total. The van der Waals surface area contributed by atoms with Gasteiger partial charge in [0.05, 0.1) is 5.41 Å². The van der Waals surface area contributed by atoms with Crippen LogP contribution in [0.2, 0.25) is 0 Å². The fourth-order valence-corrected chi connectivity index (χ4v) is 7.18. The Morgan fingerprint density at radius 1 is 1.29 bits per heavy atom. The topological polar surface area (TPSA) is 130 Å². The molecule has 4 aliphatic rings. The van der Waals surface area contributed by atoms with Crippen LogP contribution in [0.25, 0.3) is 0 Å². The van der Waals surface area contributed by atoms with E-state index in [0.29, 0.717) is 17.6 Å². The molecule has 8 heteroatoms. The minimum absolute atomic E-state index is 0.0436. The lowest BCUT2D eigenvalue weighted by Crippen LogP contribution is -2.65. The molecule has 8 nitrogen and oxygen atoms in total. The molecule has 0 amide bonds. The zero-order valence-electron chi connectivity index (χ0n) is 21.2. The number of rotatable bonds is 5. The summed E-state index contributed by atoms with van der Waals surface area (Å²) in [6.07, 6.45) is 2.59. The number of esters is 2. The van der Waals surface area contributed by atoms with Crippen LogP contribution in [-0.4, -0.2) is 64.1 Å². The number of carbonyl (C=O) groups excluding carboxylic acids is 3. The fraction of sp³-hybridized carbons (Fsp3) is 0.667. The van der Waals surface area contributed by atoms with Crippen molar-refractivity contribution < 1.29 is 39.2 Å². The van der Waals surface area contributed by atoms with E-state index in [2.05, 4.69) is 0 Å². The average molecular weight is 489 g/mol. The van der Waals surface area contributed by atoms with Crippen LogP contribution in [-0.2, 0) is 23.9 Å². The third kappa shape index (κ3) is 3.33. The molecule has 2 saturated carbocycles. The molecular weight excluding hydrogens is 452 g/mol. The smallest absolute Gasteiger partial charge is 0.333 e. The van der Waals surface area contributed by atoms with E-state index in [1.165, 1.54) is 6.92 Å². The van der Waals surface area contributed by atoms with Gasteiger partial charge >= 0.3 is 11.9 Å². The van der Waals surface area contributed by atoms with Crippen molar-refractivity contribution in [3.63, 3.8) is 0 Å². The van der Waals surface area contributed by atoms with Crippen molar-refractivity contribution in [1.29, 1.82) is 0 Å². The number of aliphatic hydroxyl groups is 3. The van der Waals surface area contributed by atoms with E-state index in [1.807, 2.05) is 13.8 Å². The Hall–Kier alpha value is -2.29. The van der Waals surface area contributed by atoms with Gasteiger partial charge in [0.15, 0.2) is 17.5 Å². The number of Topliss-reactive ketones (excluding diaryl/α,β-unsaturated/α-hetero) is 1. The Labute approximate surface area is 205 Å². The van der Waals surface area contributed by atoms with Gasteiger partial charge in [-0.15, -0.1) is 0 Å². The van der Waals surface area contributed by atoms with E-state index in [9.17, 15) is 29.7 Å². The minimum atomic E-state index is -2.17. The first-order valence-corrected chi connectivity index (χ1v) is 12.2. The molecule has 35 heavy (non-hydrogen) atoms. The minimum Gasteiger partial charge on any atom is -0.458 e. The highest BCUT2D eigenvalue weighted by atomic mass is 16.6. The quantitative estimate of drug-likeness (QED) is 0.304. The maximum absolute atomic E-state index is 14.4. The highest BCUT2D eigenvalue weighted by Gasteiger charge is 2.77. The molecule has 0 heterocycles. The van der Waals surface area contributed by atoms with Crippen LogP contribution in [0.3, 0.4) is 0 Å². The number of allylic oxidation sites excluding steroid dienone is 2. The van der Waals surface area contributed by atoms with E-state index < -0.39 is 52.4 Å². The molecule has 2 bridgehead atoms. The lowest BCUT2D eigenvalue weighted by Gasteiger charge is -2.48. The van der Waals surface area contributed by atoms with E-state index in [-0.39, 0.29) is 36.4 Å². The van der Waals surface area contributed by atoms with Crippen molar-refractivity contribution >= 4 is 17.7 Å². The molecule has 1 spiro atoms. The van der Waals surface area contributed by atoms with Crippen molar-refractivity contribution in [2.75, 3.05) is 13.2 Å². The number of hydrogen-bond donors (Lipinski definition) is 3. The summed E-state index contributed by atoms with van der Waals surface area (Å²) in [6.45, 7) is 9.61. The van der Waals surface area contributed by atoms with E-state index >= 15 is 0 Å². The van der Waals surface area contributed by atoms with Crippen LogP contribution >= 0.6 is 0 Å². The average Bonchev–Trinajstić information content (AvgIpc) is 3.35. The molecule has 0 aliphatic heterocycles. The second-order valence-corrected chi connectivity index (χ2v) is 11.1. The number of hydrogen-bond acceptors (Lipinski definition) is 8. The van der Waals surface area contributed by atoms with Gasteiger partial charge in [0.2, 0.25) is 0 Å². The molecule has 0 aromatic carbocycles. The zero-order valence-corrected chi connectivity index (χ0v) is 21.2. The van der Waals surface area contributed by atoms with E-state index in [4.69, 9.17) is 9.47 Å². The Kier molecular flexibility index (Phi) is 6.18. The van der Waals surface area contributed by atoms with Crippen molar-refractivity contribution in [2.24, 2.45) is 34.5 Å². The molecule has 0 saturated heterocycles. The number of fused-ring (bicyclic) bond motifs is 3. The molecule has 0 aromatic rings. The third-order valence-corrected chi connectivity index (χ3v) is 9.26. The molecule has 2 fully saturated rings. The standard InChI is InChI=1S/C27H36O8/c1-7-13(2)24(32)34-11-17-9-18-20-19(25(20,6)12-28)8-15(4)26(22(18)31)10-14(3)23(35-16(5)29)27(26,33)21(17)30/h7,9-10,15,18-21,23,28,30,33H,8,11-12H2,1-6H3. The largest absolute Gasteiger partial charge is 0.458 e. The first kappa shape index (κ1) is 25.8. The summed E-state index contributed by atoms with van der Waals surface area (Å²) in [5, 5.41) is 34.2. The van der Waals surface area contributed by atoms with Gasteiger partial charge in [-0.1, -0.05) is 32.1 Å². The monoisotopic (exact) mass is 488 g/mol. The molecule has 9 unspecified atom stereocenters. The third-order valence-electron chi connectivity index (χ3n) is 9.26. The Morgan fingerprint density at radius 3 is 2.51 bits per heavy atom. The molecule has 0 radical (unpaired) electrons. The SMILES string of the molecule is CC=C(C)C(=O)OCC1=CC2C(=O)C3(C=C(C)C(OC(C)=O)C3(O)C1O)C(C)CC1C2C1(C)CO. The lowest BCUT2D eigenvalue weighted by atomic mass is 9.59. The van der Waals surface area contributed by atoms with Gasteiger partial charge in [-0.2, -0.15) is 0 Å². The summed E-state index contributed by atoms with van der Waals surface area (Å²) in [4.78, 5) is 38.7. The van der Waals surface area contributed by atoms with Crippen LogP contribution < -0.4 is 0 Å². The van der Waals surface area contributed by atoms with Crippen molar-refractivity contribution in [3.05, 3.63) is 34.9 Å². The van der Waals surface area contributed by atoms with E-state index in [0.717, 1.165) is 0 Å². The second kappa shape index (κ2) is 8.39. The van der Waals surface area contributed by atoms with Gasteiger partial charge < -0.3 is 24.8 Å². The summed E-state index contributed by atoms with van der Waals surface area (Å²) in [6, 6.07) is 0. The van der Waals surface area contributed by atoms with Crippen molar-refractivity contribution in [2.45, 2.75) is 65.8 Å². The fourth-order valence-electron chi connectivity index (χ4n) is 7.18. The maximum Gasteiger partial charge on any atom is 0.333 e. The summed E-state index contributed by atoms with van der Waals surface area (Å²) in [5.41, 5.74) is -3.08. The summed E-state index contributed by atoms with van der Waals surface area (Å²) in [7, 11) is 0. The highest BCUT2D eigenvalue weighted by molar-refractivity contribution is 5.95. The molecular formula is C27H36O8. The number of ketones is 1. The van der Waals surface area contributed by atoms with Crippen LogP contribution in [0.5, 0.6) is 0 Å². The van der Waals surface area contributed by atoms with Crippen LogP contribution in [0, 0.1) is 34.5 Å². The summed E-state index contributed by atoms with van der Waals surface area (Å²) >= 11 is 0. The molecule has 192 valence electrons. The van der Waals surface area contributed by atoms with Gasteiger partial charge in [0.1, 0.15) is 12.7 Å². The highest BCUT2D eigenvalue weighted by Crippen LogP contribution is 2.71. The summed E-state index contributed by atoms with van der Waals surface area (Å²) < 4.78 is 11.0. The van der Waals surface area contributed by atoms with Crippen LogP contribution in [0.1, 0.15) is 48.0 Å². The van der Waals surface area contributed by atoms with Gasteiger partial charge in [0, 0.05) is 25.0 Å². The second-order valence-electron chi connectivity index (χ2n) is 11.1. The van der Waals surface area contributed by atoms with Gasteiger partial charge in [-0.05, 0) is 61.5 Å². The van der Waals surface area contributed by atoms with Gasteiger partial charge in [-0.25, -0.2) is 4.79 Å². The van der Waals surface area contributed by atoms with Crippen molar-refractivity contribution in [1.82, 2.24) is 0 Å².